The quantitative estimate of drug-likeness (QED) is 0.402. The Balaban J connectivity index is 0.00000196. The first-order valence-corrected chi connectivity index (χ1v) is 6.14. The largest absolute Gasteiger partial charge is 1.00 e. The van der Waals surface area contributed by atoms with E-state index < -0.39 is 20.7 Å². The molecule has 0 saturated carbocycles. The molecule has 0 spiro atoms. The Morgan fingerprint density at radius 2 is 1.80 bits per heavy atom. The molecule has 9 heteroatoms. The Kier molecular flexibility index (Phi) is 6.12. The van der Waals surface area contributed by atoms with Gasteiger partial charge in [-0.3, -0.25) is 0 Å². The topological polar surface area (TPSA) is 86.6 Å². The minimum absolute atomic E-state index is 0. The number of nitroso groups, excluding NO2 is 1. The van der Waals surface area contributed by atoms with Gasteiger partial charge >= 0.3 is 29.6 Å². The van der Waals surface area contributed by atoms with Crippen molar-refractivity contribution in [2.24, 2.45) is 5.18 Å². The third kappa shape index (κ3) is 3.88. The van der Waals surface area contributed by atoms with Gasteiger partial charge in [0.1, 0.15) is 15.8 Å². The van der Waals surface area contributed by atoms with Crippen LogP contribution in [0.1, 0.15) is 0 Å². The van der Waals surface area contributed by atoms with E-state index >= 15 is 0 Å². The summed E-state index contributed by atoms with van der Waals surface area (Å²) in [6, 6.07) is 2.45. The average molecular weight is 367 g/mol. The SMILES string of the molecule is O=Nc1c(Br)cc(Br)cc1S(=O)(=O)[O-].[Na+]. The molecular weight excluding hydrogens is 365 g/mol. The minimum Gasteiger partial charge on any atom is -0.744 e. The monoisotopic (exact) mass is 365 g/mol. The number of hydrogen-bond donors (Lipinski definition) is 0. The van der Waals surface area contributed by atoms with Crippen LogP contribution in [-0.4, -0.2) is 13.0 Å². The summed E-state index contributed by atoms with van der Waals surface area (Å²) in [5, 5.41) is 2.48. The molecule has 0 heterocycles. The Hall–Kier alpha value is 0.690. The van der Waals surface area contributed by atoms with Crippen molar-refractivity contribution in [1.82, 2.24) is 0 Å². The fourth-order valence-corrected chi connectivity index (χ4v) is 3.06. The van der Waals surface area contributed by atoms with Gasteiger partial charge in [-0.1, -0.05) is 15.9 Å². The van der Waals surface area contributed by atoms with Crippen molar-refractivity contribution in [3.05, 3.63) is 26.0 Å². The Morgan fingerprint density at radius 3 is 2.20 bits per heavy atom. The number of hydrogen-bond acceptors (Lipinski definition) is 5. The van der Waals surface area contributed by atoms with Gasteiger partial charge < -0.3 is 4.55 Å². The van der Waals surface area contributed by atoms with E-state index in [1.165, 1.54) is 6.07 Å². The zero-order chi connectivity index (χ0) is 10.9. The molecule has 0 aromatic heterocycles. The molecule has 0 saturated heterocycles. The summed E-state index contributed by atoms with van der Waals surface area (Å²) >= 11 is 5.92. The molecule has 0 fully saturated rings. The van der Waals surface area contributed by atoms with E-state index in [0.717, 1.165) is 6.07 Å². The van der Waals surface area contributed by atoms with Crippen LogP contribution in [-0.2, 0) is 10.1 Å². The molecule has 76 valence electrons. The van der Waals surface area contributed by atoms with Crippen molar-refractivity contribution in [3.8, 4) is 0 Å². The van der Waals surface area contributed by atoms with Gasteiger partial charge in [-0.2, -0.15) is 0 Å². The van der Waals surface area contributed by atoms with Crippen LogP contribution >= 0.6 is 31.9 Å². The van der Waals surface area contributed by atoms with Crippen molar-refractivity contribution >= 4 is 47.7 Å². The Bertz CT molecular complexity index is 490. The van der Waals surface area contributed by atoms with Crippen LogP contribution in [0.15, 0.2) is 31.2 Å². The van der Waals surface area contributed by atoms with Crippen molar-refractivity contribution in [1.29, 1.82) is 0 Å². The molecule has 0 N–H and O–H groups in total. The van der Waals surface area contributed by atoms with E-state index in [1.54, 1.807) is 0 Å². The first kappa shape index (κ1) is 15.7. The van der Waals surface area contributed by atoms with Gasteiger partial charge in [0.05, 0.1) is 4.90 Å². The number of rotatable bonds is 2. The molecule has 0 aliphatic heterocycles. The Morgan fingerprint density at radius 1 is 1.27 bits per heavy atom. The molecule has 0 aliphatic rings. The summed E-state index contributed by atoms with van der Waals surface area (Å²) in [6.07, 6.45) is 0. The van der Waals surface area contributed by atoms with Crippen LogP contribution in [0, 0.1) is 4.91 Å². The fourth-order valence-electron chi connectivity index (χ4n) is 0.822. The predicted molar refractivity (Wildman–Crippen MR) is 55.3 cm³/mol. The van der Waals surface area contributed by atoms with Gasteiger partial charge in [0.15, 0.2) is 0 Å². The molecule has 1 rings (SSSR count). The summed E-state index contributed by atoms with van der Waals surface area (Å²) in [7, 11) is -4.69. The first-order valence-electron chi connectivity index (χ1n) is 3.14. The first-order chi connectivity index (χ1) is 6.36. The average Bonchev–Trinajstić information content (AvgIpc) is 2.01. The maximum absolute atomic E-state index is 10.7. The van der Waals surface area contributed by atoms with E-state index in [9.17, 15) is 17.9 Å². The third-order valence-corrected chi connectivity index (χ3v) is 3.27. The smallest absolute Gasteiger partial charge is 0.744 e. The van der Waals surface area contributed by atoms with E-state index in [1.807, 2.05) is 0 Å². The fraction of sp³-hybridized carbons (Fsp3) is 0. The molecule has 0 amide bonds. The molecule has 0 atom stereocenters. The van der Waals surface area contributed by atoms with E-state index in [2.05, 4.69) is 37.0 Å². The minimum atomic E-state index is -4.69. The van der Waals surface area contributed by atoms with Crippen molar-refractivity contribution < 1.29 is 42.5 Å². The van der Waals surface area contributed by atoms with E-state index in [0.29, 0.717) is 4.47 Å². The summed E-state index contributed by atoms with van der Waals surface area (Å²) in [5.74, 6) is 0. The van der Waals surface area contributed by atoms with Gasteiger partial charge in [-0.25, -0.2) is 8.42 Å². The molecule has 0 radical (unpaired) electrons. The van der Waals surface area contributed by atoms with E-state index in [4.69, 9.17) is 0 Å². The summed E-state index contributed by atoms with van der Waals surface area (Å²) in [6.45, 7) is 0. The zero-order valence-corrected chi connectivity index (χ0v) is 13.4. The molecule has 0 bridgehead atoms. The van der Waals surface area contributed by atoms with Crippen molar-refractivity contribution in [2.45, 2.75) is 4.90 Å². The van der Waals surface area contributed by atoms with Gasteiger partial charge in [-0.15, -0.1) is 4.91 Å². The van der Waals surface area contributed by atoms with Gasteiger partial charge in [0.2, 0.25) is 0 Å². The normalized spacial score (nSPS) is 10.6. The summed E-state index contributed by atoms with van der Waals surface area (Å²) < 4.78 is 32.7. The summed E-state index contributed by atoms with van der Waals surface area (Å²) in [4.78, 5) is 9.66. The Labute approximate surface area is 125 Å². The van der Waals surface area contributed by atoms with E-state index in [-0.39, 0.29) is 34.0 Å². The molecular formula is C6H2Br2NNaO4S. The summed E-state index contributed by atoms with van der Waals surface area (Å²) in [5.41, 5.74) is -0.414. The predicted octanol–water partition coefficient (Wildman–Crippen LogP) is -0.482. The van der Waals surface area contributed by atoms with Gasteiger partial charge in [0.25, 0.3) is 0 Å². The van der Waals surface area contributed by atoms with Crippen molar-refractivity contribution in [2.75, 3.05) is 0 Å². The maximum atomic E-state index is 10.7. The van der Waals surface area contributed by atoms with Crippen LogP contribution in [0.2, 0.25) is 0 Å². The number of benzene rings is 1. The van der Waals surface area contributed by atoms with Crippen LogP contribution in [0.3, 0.4) is 0 Å². The molecule has 0 aliphatic carbocycles. The molecule has 1 aromatic carbocycles. The second-order valence-corrected chi connectivity index (χ2v) is 5.40. The second kappa shape index (κ2) is 5.85. The molecule has 15 heavy (non-hydrogen) atoms. The van der Waals surface area contributed by atoms with Crippen LogP contribution in [0.4, 0.5) is 5.69 Å². The zero-order valence-electron chi connectivity index (χ0n) is 7.40. The van der Waals surface area contributed by atoms with Crippen LogP contribution < -0.4 is 29.6 Å². The standard InChI is InChI=1S/C6H3Br2NO4S.Na/c7-3-1-4(8)6(9-10)5(2-3)14(11,12)13;/h1-2H,(H,11,12,13);/q;+1/p-1. The van der Waals surface area contributed by atoms with Gasteiger partial charge in [-0.05, 0) is 33.2 Å². The molecule has 5 nitrogen and oxygen atoms in total. The molecule has 0 unspecified atom stereocenters. The van der Waals surface area contributed by atoms with Crippen LogP contribution in [0.25, 0.3) is 0 Å². The number of halogens is 2. The van der Waals surface area contributed by atoms with Crippen molar-refractivity contribution in [3.63, 3.8) is 0 Å². The van der Waals surface area contributed by atoms with Crippen LogP contribution in [0.5, 0.6) is 0 Å². The molecule has 1 aromatic rings. The maximum Gasteiger partial charge on any atom is 1.00 e. The second-order valence-electron chi connectivity index (χ2n) is 2.28. The van der Waals surface area contributed by atoms with Gasteiger partial charge in [0, 0.05) is 8.95 Å². The third-order valence-electron chi connectivity index (χ3n) is 1.35. The number of nitrogens with zero attached hydrogens (tertiary/aromatic N) is 1.